The first-order valence-electron chi connectivity index (χ1n) is 6.56. The molecule has 0 bridgehead atoms. The van der Waals surface area contributed by atoms with Gasteiger partial charge in [-0.25, -0.2) is 4.98 Å². The van der Waals surface area contributed by atoms with Crippen molar-refractivity contribution in [1.29, 1.82) is 0 Å². The Morgan fingerprint density at radius 1 is 1.32 bits per heavy atom. The van der Waals surface area contributed by atoms with Crippen molar-refractivity contribution in [2.24, 2.45) is 0 Å². The third kappa shape index (κ3) is 3.20. The van der Waals surface area contributed by atoms with Gasteiger partial charge in [-0.15, -0.1) is 10.2 Å². The summed E-state index contributed by atoms with van der Waals surface area (Å²) in [7, 11) is 0. The molecule has 0 spiro atoms. The number of nitrogens with zero attached hydrogens (tertiary/aromatic N) is 4. The molecule has 104 valence electrons. The predicted octanol–water partition coefficient (Wildman–Crippen LogP) is 2.54. The van der Waals surface area contributed by atoms with Gasteiger partial charge in [-0.05, 0) is 13.8 Å². The minimum atomic E-state index is -0.0486. The van der Waals surface area contributed by atoms with Crippen LogP contribution in [0.15, 0.2) is 16.8 Å². The Labute approximate surface area is 112 Å². The molecule has 0 radical (unpaired) electrons. The van der Waals surface area contributed by atoms with Crippen LogP contribution in [0.4, 0.5) is 0 Å². The lowest BCUT2D eigenvalue weighted by Gasteiger charge is -2.12. The van der Waals surface area contributed by atoms with Gasteiger partial charge in [0.15, 0.2) is 0 Å². The van der Waals surface area contributed by atoms with E-state index in [9.17, 15) is 0 Å². The van der Waals surface area contributed by atoms with Crippen LogP contribution in [0.3, 0.4) is 0 Å². The molecule has 0 saturated carbocycles. The van der Waals surface area contributed by atoms with E-state index in [4.69, 9.17) is 9.15 Å². The van der Waals surface area contributed by atoms with Crippen LogP contribution in [0.1, 0.15) is 57.3 Å². The lowest BCUT2D eigenvalue weighted by molar-refractivity contribution is 0.0675. The first kappa shape index (κ1) is 13.7. The molecule has 2 heterocycles. The van der Waals surface area contributed by atoms with Crippen LogP contribution in [0.25, 0.3) is 0 Å². The zero-order valence-corrected chi connectivity index (χ0v) is 11.8. The molecule has 19 heavy (non-hydrogen) atoms. The van der Waals surface area contributed by atoms with E-state index >= 15 is 0 Å². The summed E-state index contributed by atoms with van der Waals surface area (Å²) in [5, 5.41) is 8.08. The average Bonchev–Trinajstić information content (AvgIpc) is 2.99. The number of hydrogen-bond donors (Lipinski definition) is 0. The predicted molar refractivity (Wildman–Crippen MR) is 69.8 cm³/mol. The molecule has 2 rings (SSSR count). The van der Waals surface area contributed by atoms with Gasteiger partial charge in [0, 0.05) is 24.9 Å². The van der Waals surface area contributed by atoms with Crippen molar-refractivity contribution in [3.63, 3.8) is 0 Å². The quantitative estimate of drug-likeness (QED) is 0.802. The fraction of sp³-hybridized carbons (Fsp3) is 0.615. The molecule has 0 amide bonds. The summed E-state index contributed by atoms with van der Waals surface area (Å²) in [5.41, 5.74) is 0. The van der Waals surface area contributed by atoms with Crippen LogP contribution in [0.2, 0.25) is 0 Å². The van der Waals surface area contributed by atoms with E-state index in [-0.39, 0.29) is 12.0 Å². The number of ether oxygens (including phenoxy) is 1. The maximum absolute atomic E-state index is 5.60. The number of hydrogen-bond acceptors (Lipinski definition) is 5. The highest BCUT2D eigenvalue weighted by molar-refractivity contribution is 4.99. The summed E-state index contributed by atoms with van der Waals surface area (Å²) in [6, 6.07) is 0. The lowest BCUT2D eigenvalue weighted by Crippen LogP contribution is -2.10. The Kier molecular flexibility index (Phi) is 4.31. The SMILES string of the molecule is CCO[C@H](C)c1nccn1Cc1nnc(C(C)C)o1. The van der Waals surface area contributed by atoms with Crippen molar-refractivity contribution in [3.05, 3.63) is 30.0 Å². The van der Waals surface area contributed by atoms with Gasteiger partial charge >= 0.3 is 0 Å². The van der Waals surface area contributed by atoms with E-state index < -0.39 is 0 Å². The Morgan fingerprint density at radius 3 is 2.74 bits per heavy atom. The summed E-state index contributed by atoms with van der Waals surface area (Å²) in [5.74, 6) is 2.36. The molecule has 0 aliphatic carbocycles. The molecule has 0 fully saturated rings. The Balaban J connectivity index is 2.12. The topological polar surface area (TPSA) is 66.0 Å². The standard InChI is InChI=1S/C13H20N4O2/c1-5-18-10(4)12-14-6-7-17(12)8-11-15-16-13(19-11)9(2)3/h6-7,9-10H,5,8H2,1-4H3/t10-/m1/s1. The highest BCUT2D eigenvalue weighted by Gasteiger charge is 2.15. The molecule has 1 atom stereocenters. The fourth-order valence-electron chi connectivity index (χ4n) is 1.85. The highest BCUT2D eigenvalue weighted by Crippen LogP contribution is 2.17. The highest BCUT2D eigenvalue weighted by atomic mass is 16.5. The molecule has 0 unspecified atom stereocenters. The second-order valence-electron chi connectivity index (χ2n) is 4.70. The van der Waals surface area contributed by atoms with E-state index in [1.807, 2.05) is 38.5 Å². The first-order valence-corrected chi connectivity index (χ1v) is 6.56. The van der Waals surface area contributed by atoms with Crippen molar-refractivity contribution < 1.29 is 9.15 Å². The smallest absolute Gasteiger partial charge is 0.236 e. The van der Waals surface area contributed by atoms with E-state index in [0.29, 0.717) is 24.9 Å². The van der Waals surface area contributed by atoms with E-state index in [2.05, 4.69) is 15.2 Å². The summed E-state index contributed by atoms with van der Waals surface area (Å²) >= 11 is 0. The molecule has 0 aliphatic heterocycles. The van der Waals surface area contributed by atoms with Gasteiger partial charge in [-0.2, -0.15) is 0 Å². The summed E-state index contributed by atoms with van der Waals surface area (Å²) < 4.78 is 13.1. The normalized spacial score (nSPS) is 13.1. The molecule has 2 aromatic rings. The van der Waals surface area contributed by atoms with Crippen molar-refractivity contribution in [3.8, 4) is 0 Å². The molecule has 0 N–H and O–H groups in total. The monoisotopic (exact) mass is 264 g/mol. The van der Waals surface area contributed by atoms with Crippen molar-refractivity contribution >= 4 is 0 Å². The molecule has 2 aromatic heterocycles. The van der Waals surface area contributed by atoms with Crippen LogP contribution in [0, 0.1) is 0 Å². The van der Waals surface area contributed by atoms with Crippen LogP contribution in [0.5, 0.6) is 0 Å². The van der Waals surface area contributed by atoms with Crippen molar-refractivity contribution in [2.75, 3.05) is 6.61 Å². The number of aromatic nitrogens is 4. The molecular formula is C13H20N4O2. The van der Waals surface area contributed by atoms with Gasteiger partial charge < -0.3 is 13.7 Å². The van der Waals surface area contributed by atoms with Gasteiger partial charge in [0.05, 0.1) is 0 Å². The van der Waals surface area contributed by atoms with Gasteiger partial charge in [-0.3, -0.25) is 0 Å². The molecule has 0 aromatic carbocycles. The minimum absolute atomic E-state index is 0.0486. The molecular weight excluding hydrogens is 244 g/mol. The Hall–Kier alpha value is -1.69. The first-order chi connectivity index (χ1) is 9.11. The summed E-state index contributed by atoms with van der Waals surface area (Å²) in [6.07, 6.45) is 3.60. The molecule has 6 nitrogen and oxygen atoms in total. The maximum Gasteiger partial charge on any atom is 0.236 e. The van der Waals surface area contributed by atoms with Crippen molar-refractivity contribution in [2.45, 2.75) is 46.3 Å². The third-order valence-electron chi connectivity index (χ3n) is 2.81. The van der Waals surface area contributed by atoms with Crippen LogP contribution >= 0.6 is 0 Å². The van der Waals surface area contributed by atoms with E-state index in [0.717, 1.165) is 5.82 Å². The Bertz CT molecular complexity index is 518. The zero-order valence-electron chi connectivity index (χ0n) is 11.8. The van der Waals surface area contributed by atoms with Gasteiger partial charge in [0.2, 0.25) is 11.8 Å². The molecule has 6 heteroatoms. The zero-order chi connectivity index (χ0) is 13.8. The second kappa shape index (κ2) is 5.97. The number of imidazole rings is 1. The van der Waals surface area contributed by atoms with Crippen molar-refractivity contribution in [1.82, 2.24) is 19.7 Å². The third-order valence-corrected chi connectivity index (χ3v) is 2.81. The van der Waals surface area contributed by atoms with Crippen LogP contribution in [-0.2, 0) is 11.3 Å². The van der Waals surface area contributed by atoms with E-state index in [1.165, 1.54) is 0 Å². The molecule has 0 saturated heterocycles. The largest absolute Gasteiger partial charge is 0.423 e. The minimum Gasteiger partial charge on any atom is -0.423 e. The Morgan fingerprint density at radius 2 is 2.11 bits per heavy atom. The summed E-state index contributed by atoms with van der Waals surface area (Å²) in [4.78, 5) is 4.32. The number of rotatable bonds is 6. The maximum atomic E-state index is 5.60. The molecule has 0 aliphatic rings. The van der Waals surface area contributed by atoms with Crippen LogP contribution in [-0.4, -0.2) is 26.4 Å². The lowest BCUT2D eigenvalue weighted by atomic mass is 10.2. The van der Waals surface area contributed by atoms with Gasteiger partial charge in [0.25, 0.3) is 0 Å². The summed E-state index contributed by atoms with van der Waals surface area (Å²) in [6.45, 7) is 9.18. The van der Waals surface area contributed by atoms with Gasteiger partial charge in [-0.1, -0.05) is 13.8 Å². The second-order valence-corrected chi connectivity index (χ2v) is 4.70. The van der Waals surface area contributed by atoms with Gasteiger partial charge in [0.1, 0.15) is 18.5 Å². The van der Waals surface area contributed by atoms with E-state index in [1.54, 1.807) is 6.20 Å². The fourth-order valence-corrected chi connectivity index (χ4v) is 1.85. The average molecular weight is 264 g/mol. The van der Waals surface area contributed by atoms with Crippen LogP contribution < -0.4 is 0 Å².